The van der Waals surface area contributed by atoms with E-state index in [0.29, 0.717) is 0 Å². The van der Waals surface area contributed by atoms with Crippen molar-refractivity contribution in [3.63, 3.8) is 0 Å². The molecule has 1 aliphatic carbocycles. The molecule has 0 unspecified atom stereocenters. The Kier molecular flexibility index (Phi) is 7.67. The Morgan fingerprint density at radius 3 is 1.61 bits per heavy atom. The van der Waals surface area contributed by atoms with Gasteiger partial charge in [0.25, 0.3) is 0 Å². The lowest BCUT2D eigenvalue weighted by molar-refractivity contribution is 0.889. The minimum absolute atomic E-state index is 1.02. The smallest absolute Gasteiger partial charge is 0.0547 e. The van der Waals surface area contributed by atoms with Crippen molar-refractivity contribution in [2.45, 2.75) is 12.8 Å². The summed E-state index contributed by atoms with van der Waals surface area (Å²) < 4.78 is 4.96. The third-order valence-electron chi connectivity index (χ3n) is 11.5. The summed E-state index contributed by atoms with van der Waals surface area (Å²) in [6.45, 7) is 0. The molecule has 0 saturated carbocycles. The lowest BCUT2D eigenvalue weighted by atomic mass is 9.97. The fourth-order valence-corrected chi connectivity index (χ4v) is 8.91. The first kappa shape index (κ1) is 32.3. The van der Waals surface area contributed by atoms with Crippen LogP contribution >= 0.6 is 0 Å². The molecular formula is C54H38N2. The van der Waals surface area contributed by atoms with Crippen LogP contribution in [0.4, 0.5) is 0 Å². The fraction of sp³-hybridized carbons (Fsp3) is 0.0370. The zero-order valence-electron chi connectivity index (χ0n) is 30.9. The van der Waals surface area contributed by atoms with E-state index < -0.39 is 0 Å². The molecule has 56 heavy (non-hydrogen) atoms. The number of nitrogens with zero attached hydrogens (tertiary/aromatic N) is 2. The van der Waals surface area contributed by atoms with Crippen molar-refractivity contribution < 1.29 is 0 Å². The van der Waals surface area contributed by atoms with Crippen LogP contribution in [-0.4, -0.2) is 9.13 Å². The highest BCUT2D eigenvalue weighted by molar-refractivity contribution is 6.10. The molecule has 0 radical (unpaired) electrons. The second kappa shape index (κ2) is 13.3. The van der Waals surface area contributed by atoms with Crippen LogP contribution in [0.15, 0.2) is 200 Å². The van der Waals surface area contributed by atoms with Gasteiger partial charge < -0.3 is 9.13 Å². The molecule has 1 aliphatic rings. The van der Waals surface area contributed by atoms with E-state index in [0.717, 1.165) is 18.5 Å². The molecule has 0 atom stereocenters. The average molecular weight is 715 g/mol. The molecule has 264 valence electrons. The summed E-state index contributed by atoms with van der Waals surface area (Å²) in [7, 11) is 0. The molecule has 8 aromatic carbocycles. The molecule has 11 rings (SSSR count). The molecule has 2 heteroatoms. The van der Waals surface area contributed by atoms with E-state index in [2.05, 4.69) is 215 Å². The van der Waals surface area contributed by atoms with E-state index in [-0.39, 0.29) is 0 Å². The Morgan fingerprint density at radius 1 is 0.321 bits per heavy atom. The molecule has 2 nitrogen and oxygen atoms in total. The number of benzene rings is 8. The first-order valence-electron chi connectivity index (χ1n) is 19.6. The third-order valence-corrected chi connectivity index (χ3v) is 11.5. The summed E-state index contributed by atoms with van der Waals surface area (Å²) in [6.07, 6.45) is 6.74. The fourth-order valence-electron chi connectivity index (χ4n) is 8.91. The van der Waals surface area contributed by atoms with Crippen molar-refractivity contribution in [2.24, 2.45) is 0 Å². The maximum atomic E-state index is 2.50. The van der Waals surface area contributed by atoms with Crippen molar-refractivity contribution >= 4 is 38.8 Å². The van der Waals surface area contributed by atoms with Gasteiger partial charge in [-0.25, -0.2) is 0 Å². The van der Waals surface area contributed by atoms with Gasteiger partial charge in [-0.15, -0.1) is 0 Å². The maximum absolute atomic E-state index is 2.50. The largest absolute Gasteiger partial charge is 0.313 e. The van der Waals surface area contributed by atoms with Gasteiger partial charge in [0.05, 0.1) is 16.6 Å². The summed E-state index contributed by atoms with van der Waals surface area (Å²) in [6, 6.07) is 71.1. The number of rotatable bonds is 6. The van der Waals surface area contributed by atoms with E-state index >= 15 is 0 Å². The highest BCUT2D eigenvalue weighted by Crippen LogP contribution is 2.40. The molecule has 10 aromatic rings. The first-order chi connectivity index (χ1) is 27.8. The van der Waals surface area contributed by atoms with Gasteiger partial charge in [-0.2, -0.15) is 0 Å². The van der Waals surface area contributed by atoms with Crippen molar-refractivity contribution in [2.75, 3.05) is 0 Å². The second-order valence-corrected chi connectivity index (χ2v) is 14.9. The normalized spacial score (nSPS) is 12.4. The standard InChI is InChI=1S/C54H38N2/c1-4-15-37(16-5-1)40-21-14-22-45(32-40)55-52-26-13-11-24-48(52)50-35-41(28-30-53(50)55)42-27-29-49-47-23-10-12-25-51(47)56(54(49)36-42)46-33-43(38-17-6-2-7-18-38)31-44(34-46)39-19-8-3-9-20-39/h1-12,14-25,27-36H,13,26H2. The molecule has 0 spiro atoms. The Morgan fingerprint density at radius 2 is 0.875 bits per heavy atom. The van der Waals surface area contributed by atoms with Crippen LogP contribution < -0.4 is 0 Å². The number of aromatic nitrogens is 2. The van der Waals surface area contributed by atoms with Crippen LogP contribution in [-0.2, 0) is 6.42 Å². The van der Waals surface area contributed by atoms with Gasteiger partial charge in [-0.3, -0.25) is 0 Å². The van der Waals surface area contributed by atoms with E-state index in [1.165, 1.54) is 94.2 Å². The predicted octanol–water partition coefficient (Wildman–Crippen LogP) is 14.4. The minimum atomic E-state index is 1.02. The van der Waals surface area contributed by atoms with Crippen molar-refractivity contribution in [1.82, 2.24) is 9.13 Å². The predicted molar refractivity (Wildman–Crippen MR) is 237 cm³/mol. The van der Waals surface area contributed by atoms with Crippen molar-refractivity contribution in [1.29, 1.82) is 0 Å². The molecule has 2 heterocycles. The van der Waals surface area contributed by atoms with Crippen LogP contribution in [0.3, 0.4) is 0 Å². The zero-order chi connectivity index (χ0) is 37.0. The molecule has 0 saturated heterocycles. The van der Waals surface area contributed by atoms with Gasteiger partial charge in [0.15, 0.2) is 0 Å². The number of hydrogen-bond donors (Lipinski definition) is 0. The van der Waals surface area contributed by atoms with Gasteiger partial charge in [-0.05, 0) is 112 Å². The molecule has 0 N–H and O–H groups in total. The maximum Gasteiger partial charge on any atom is 0.0547 e. The van der Waals surface area contributed by atoms with E-state index in [4.69, 9.17) is 0 Å². The first-order valence-corrected chi connectivity index (χ1v) is 19.6. The number of hydrogen-bond acceptors (Lipinski definition) is 0. The molecule has 2 aromatic heterocycles. The summed E-state index contributed by atoms with van der Waals surface area (Å²) >= 11 is 0. The zero-order valence-corrected chi connectivity index (χ0v) is 30.9. The average Bonchev–Trinajstić information content (AvgIpc) is 3.79. The summed E-state index contributed by atoms with van der Waals surface area (Å²) in [5.41, 5.74) is 18.4. The van der Waals surface area contributed by atoms with E-state index in [1.807, 2.05) is 0 Å². The molecule has 0 amide bonds. The SMILES string of the molecule is C1=Cc2c(n(-c3cccc(-c4ccccc4)c3)c3ccc(-c4ccc5c6ccccc6n(-c6cc(-c7ccccc7)cc(-c7ccccc7)c6)c5c4)cc23)CC1. The molecular weight excluding hydrogens is 677 g/mol. The third kappa shape index (κ3) is 5.41. The Labute approximate surface area is 326 Å². The number of para-hydroxylation sites is 1. The van der Waals surface area contributed by atoms with Crippen LogP contribution in [0.2, 0.25) is 0 Å². The van der Waals surface area contributed by atoms with Gasteiger partial charge in [0.1, 0.15) is 0 Å². The summed E-state index contributed by atoms with van der Waals surface area (Å²) in [5, 5.41) is 3.80. The number of fused-ring (bicyclic) bond motifs is 6. The highest BCUT2D eigenvalue weighted by Gasteiger charge is 2.21. The monoisotopic (exact) mass is 714 g/mol. The molecule has 0 aliphatic heterocycles. The quantitative estimate of drug-likeness (QED) is 0.162. The number of allylic oxidation sites excluding steroid dienone is 1. The van der Waals surface area contributed by atoms with Gasteiger partial charge in [0.2, 0.25) is 0 Å². The van der Waals surface area contributed by atoms with Gasteiger partial charge in [0, 0.05) is 38.8 Å². The molecule has 0 fully saturated rings. The summed E-state index contributed by atoms with van der Waals surface area (Å²) in [5.74, 6) is 0. The second-order valence-electron chi connectivity index (χ2n) is 14.9. The van der Waals surface area contributed by atoms with Gasteiger partial charge >= 0.3 is 0 Å². The Hall–Kier alpha value is -7.16. The van der Waals surface area contributed by atoms with E-state index in [1.54, 1.807) is 0 Å². The minimum Gasteiger partial charge on any atom is -0.313 e. The van der Waals surface area contributed by atoms with E-state index in [9.17, 15) is 0 Å². The Bertz CT molecular complexity index is 3050. The molecule has 0 bridgehead atoms. The van der Waals surface area contributed by atoms with Gasteiger partial charge in [-0.1, -0.05) is 152 Å². The lowest BCUT2D eigenvalue weighted by Gasteiger charge is -2.15. The van der Waals surface area contributed by atoms with Crippen LogP contribution in [0, 0.1) is 0 Å². The van der Waals surface area contributed by atoms with Crippen LogP contribution in [0.1, 0.15) is 17.7 Å². The summed E-state index contributed by atoms with van der Waals surface area (Å²) in [4.78, 5) is 0. The Balaban J connectivity index is 1.09. The topological polar surface area (TPSA) is 9.86 Å². The lowest BCUT2D eigenvalue weighted by Crippen LogP contribution is -2.03. The van der Waals surface area contributed by atoms with Crippen LogP contribution in [0.25, 0.3) is 94.7 Å². The highest BCUT2D eigenvalue weighted by atomic mass is 15.0. The van der Waals surface area contributed by atoms with Crippen molar-refractivity contribution in [3.8, 4) is 55.9 Å². The van der Waals surface area contributed by atoms with Crippen molar-refractivity contribution in [3.05, 3.63) is 211 Å². The van der Waals surface area contributed by atoms with Crippen LogP contribution in [0.5, 0.6) is 0 Å².